The second-order valence-corrected chi connectivity index (χ2v) is 7.59. The molecule has 0 N–H and O–H groups in total. The fourth-order valence-corrected chi connectivity index (χ4v) is 3.95. The number of hydrogen-bond acceptors (Lipinski definition) is 4. The maximum absolute atomic E-state index is 6.22. The number of hydrogen-bond donors (Lipinski definition) is 0. The highest BCUT2D eigenvalue weighted by Gasteiger charge is 2.26. The summed E-state index contributed by atoms with van der Waals surface area (Å²) >= 11 is 12.1. The minimum atomic E-state index is -0.0569. The van der Waals surface area contributed by atoms with Crippen LogP contribution in [0.15, 0.2) is 55.1 Å². The molecule has 0 saturated carbocycles. The quantitative estimate of drug-likeness (QED) is 0.407. The van der Waals surface area contributed by atoms with E-state index in [0.29, 0.717) is 10.2 Å². The molecule has 0 bridgehead atoms. The van der Waals surface area contributed by atoms with Gasteiger partial charge in [-0.05, 0) is 36.6 Å². The molecule has 5 rings (SSSR count). The van der Waals surface area contributed by atoms with E-state index in [1.807, 2.05) is 35.0 Å². The zero-order chi connectivity index (χ0) is 19.1. The standard InChI is InChI=1S/C21H16Cl2N4O/c22-15-10-14-3-1-13(9-18(14)24-11-15)2-4-16-5-6-19(28-16)27-8-7-17-20(23)25-12-26-21(17)27/h1-4,7-12,16,19H,5-6H2/b4-2+/t16-,19-/m1/s1. The Hall–Kier alpha value is -2.47. The molecule has 3 aromatic heterocycles. The molecule has 7 heteroatoms. The van der Waals surface area contributed by atoms with E-state index in [9.17, 15) is 0 Å². The van der Waals surface area contributed by atoms with Crippen LogP contribution in [-0.2, 0) is 4.74 Å². The van der Waals surface area contributed by atoms with E-state index in [1.165, 1.54) is 6.33 Å². The number of benzene rings is 1. The van der Waals surface area contributed by atoms with Crippen molar-refractivity contribution in [3.8, 4) is 0 Å². The van der Waals surface area contributed by atoms with Crippen LogP contribution in [-0.4, -0.2) is 25.6 Å². The van der Waals surface area contributed by atoms with Gasteiger partial charge in [0.15, 0.2) is 0 Å². The third-order valence-corrected chi connectivity index (χ3v) is 5.49. The van der Waals surface area contributed by atoms with Crippen molar-refractivity contribution in [3.63, 3.8) is 0 Å². The van der Waals surface area contributed by atoms with E-state index in [-0.39, 0.29) is 12.3 Å². The van der Waals surface area contributed by atoms with Crippen LogP contribution >= 0.6 is 23.2 Å². The smallest absolute Gasteiger partial charge is 0.146 e. The summed E-state index contributed by atoms with van der Waals surface area (Å²) in [5, 5.41) is 2.98. The van der Waals surface area contributed by atoms with Crippen LogP contribution in [0.3, 0.4) is 0 Å². The second kappa shape index (κ2) is 7.17. The minimum Gasteiger partial charge on any atom is -0.351 e. The molecule has 1 saturated heterocycles. The van der Waals surface area contributed by atoms with Gasteiger partial charge in [-0.1, -0.05) is 47.5 Å². The molecular formula is C21H16Cl2N4O. The van der Waals surface area contributed by atoms with E-state index in [4.69, 9.17) is 27.9 Å². The average Bonchev–Trinajstić information content (AvgIpc) is 3.33. The van der Waals surface area contributed by atoms with Crippen molar-refractivity contribution in [2.24, 2.45) is 0 Å². The summed E-state index contributed by atoms with van der Waals surface area (Å²) in [7, 11) is 0. The summed E-state index contributed by atoms with van der Waals surface area (Å²) < 4.78 is 8.25. The molecule has 2 atom stereocenters. The molecule has 0 radical (unpaired) electrons. The van der Waals surface area contributed by atoms with Gasteiger partial charge in [-0.25, -0.2) is 9.97 Å². The molecule has 0 amide bonds. The van der Waals surface area contributed by atoms with Crippen molar-refractivity contribution in [2.45, 2.75) is 25.2 Å². The first kappa shape index (κ1) is 17.6. The number of ether oxygens (including phenoxy) is 1. The number of fused-ring (bicyclic) bond motifs is 2. The molecular weight excluding hydrogens is 395 g/mol. The average molecular weight is 411 g/mol. The van der Waals surface area contributed by atoms with Crippen LogP contribution in [0.4, 0.5) is 0 Å². The summed E-state index contributed by atoms with van der Waals surface area (Å²) in [4.78, 5) is 12.8. The van der Waals surface area contributed by atoms with Gasteiger partial charge in [0.05, 0.1) is 22.0 Å². The van der Waals surface area contributed by atoms with Gasteiger partial charge in [-0.2, -0.15) is 0 Å². The molecule has 0 unspecified atom stereocenters. The lowest BCUT2D eigenvalue weighted by Crippen LogP contribution is -2.09. The molecule has 4 heterocycles. The molecule has 1 aliphatic rings. The SMILES string of the molecule is Clc1cnc2cc(/C=C/[C@@H]3CC[C@H](n4ccc5c(Cl)ncnc54)O3)ccc2c1. The fourth-order valence-electron chi connectivity index (χ4n) is 3.60. The van der Waals surface area contributed by atoms with Crippen molar-refractivity contribution < 1.29 is 4.74 Å². The van der Waals surface area contributed by atoms with E-state index in [2.05, 4.69) is 33.2 Å². The van der Waals surface area contributed by atoms with Crippen molar-refractivity contribution in [2.75, 3.05) is 0 Å². The first-order valence-corrected chi connectivity index (χ1v) is 9.79. The Morgan fingerprint density at radius 1 is 1.07 bits per heavy atom. The zero-order valence-electron chi connectivity index (χ0n) is 14.8. The summed E-state index contributed by atoms with van der Waals surface area (Å²) in [5.74, 6) is 0. The van der Waals surface area contributed by atoms with Gasteiger partial charge in [-0.15, -0.1) is 0 Å². The Labute approximate surface area is 171 Å². The summed E-state index contributed by atoms with van der Waals surface area (Å²) in [6.07, 6.45) is 11.1. The van der Waals surface area contributed by atoms with Crippen molar-refractivity contribution >= 4 is 51.2 Å². The van der Waals surface area contributed by atoms with Crippen LogP contribution in [0.1, 0.15) is 24.6 Å². The Bertz CT molecular complexity index is 1200. The lowest BCUT2D eigenvalue weighted by atomic mass is 10.1. The molecule has 0 spiro atoms. The molecule has 1 aromatic carbocycles. The molecule has 140 valence electrons. The topological polar surface area (TPSA) is 52.8 Å². The Balaban J connectivity index is 1.33. The Morgan fingerprint density at radius 2 is 2.00 bits per heavy atom. The molecule has 1 aliphatic heterocycles. The molecule has 28 heavy (non-hydrogen) atoms. The molecule has 0 aliphatic carbocycles. The van der Waals surface area contributed by atoms with Gasteiger partial charge >= 0.3 is 0 Å². The van der Waals surface area contributed by atoms with Crippen molar-refractivity contribution in [1.29, 1.82) is 0 Å². The lowest BCUT2D eigenvalue weighted by Gasteiger charge is -2.14. The van der Waals surface area contributed by atoms with Gasteiger partial charge < -0.3 is 9.30 Å². The minimum absolute atomic E-state index is 0.0497. The zero-order valence-corrected chi connectivity index (χ0v) is 16.3. The van der Waals surface area contributed by atoms with Crippen LogP contribution in [0, 0.1) is 0 Å². The largest absolute Gasteiger partial charge is 0.351 e. The monoisotopic (exact) mass is 410 g/mol. The van der Waals surface area contributed by atoms with Gasteiger partial charge in [0.1, 0.15) is 23.4 Å². The van der Waals surface area contributed by atoms with Crippen LogP contribution in [0.25, 0.3) is 28.0 Å². The Kier molecular flexibility index (Phi) is 4.51. The van der Waals surface area contributed by atoms with Gasteiger partial charge in [0.25, 0.3) is 0 Å². The highest BCUT2D eigenvalue weighted by molar-refractivity contribution is 6.33. The molecule has 4 aromatic rings. The van der Waals surface area contributed by atoms with E-state index in [1.54, 1.807) is 6.20 Å². The Morgan fingerprint density at radius 3 is 2.93 bits per heavy atom. The number of pyridine rings is 1. The van der Waals surface area contributed by atoms with Gasteiger partial charge in [-0.3, -0.25) is 4.98 Å². The highest BCUT2D eigenvalue weighted by Crippen LogP contribution is 2.33. The first-order valence-electron chi connectivity index (χ1n) is 9.03. The van der Waals surface area contributed by atoms with Crippen molar-refractivity contribution in [3.05, 3.63) is 70.9 Å². The van der Waals surface area contributed by atoms with E-state index >= 15 is 0 Å². The van der Waals surface area contributed by atoms with Crippen molar-refractivity contribution in [1.82, 2.24) is 19.5 Å². The number of halogens is 2. The summed E-state index contributed by atoms with van der Waals surface area (Å²) in [5.41, 5.74) is 2.81. The summed E-state index contributed by atoms with van der Waals surface area (Å²) in [6.45, 7) is 0. The van der Waals surface area contributed by atoms with Crippen LogP contribution < -0.4 is 0 Å². The normalized spacial score (nSPS) is 19.9. The predicted molar refractivity (Wildman–Crippen MR) is 111 cm³/mol. The maximum atomic E-state index is 6.22. The third-order valence-electron chi connectivity index (χ3n) is 4.98. The lowest BCUT2D eigenvalue weighted by molar-refractivity contribution is 0.0266. The van der Waals surface area contributed by atoms with Crippen LogP contribution in [0.5, 0.6) is 0 Å². The number of nitrogens with zero attached hydrogens (tertiary/aromatic N) is 4. The number of rotatable bonds is 3. The first-order chi connectivity index (χ1) is 13.7. The maximum Gasteiger partial charge on any atom is 0.146 e. The second-order valence-electron chi connectivity index (χ2n) is 6.80. The van der Waals surface area contributed by atoms with E-state index in [0.717, 1.165) is 40.3 Å². The van der Waals surface area contributed by atoms with Gasteiger partial charge in [0, 0.05) is 17.8 Å². The highest BCUT2D eigenvalue weighted by atomic mass is 35.5. The predicted octanol–water partition coefficient (Wildman–Crippen LogP) is 5.68. The number of aromatic nitrogens is 4. The third kappa shape index (κ3) is 3.26. The summed E-state index contributed by atoms with van der Waals surface area (Å²) in [6, 6.07) is 9.98. The van der Waals surface area contributed by atoms with E-state index < -0.39 is 0 Å². The fraction of sp³-hybridized carbons (Fsp3) is 0.190. The van der Waals surface area contributed by atoms with Crippen LogP contribution in [0.2, 0.25) is 10.2 Å². The molecule has 5 nitrogen and oxygen atoms in total. The van der Waals surface area contributed by atoms with Gasteiger partial charge in [0.2, 0.25) is 0 Å². The molecule has 1 fully saturated rings.